The highest BCUT2D eigenvalue weighted by atomic mass is 16.3. The average molecular weight is 337 g/mol. The molecule has 0 spiro atoms. The Kier molecular flexibility index (Phi) is 4.42. The van der Waals surface area contributed by atoms with E-state index in [0.29, 0.717) is 19.0 Å². The quantitative estimate of drug-likeness (QED) is 0.684. The van der Waals surface area contributed by atoms with Crippen LogP contribution in [0.1, 0.15) is 17.8 Å². The van der Waals surface area contributed by atoms with Crippen LogP contribution in [0.3, 0.4) is 0 Å². The molecular formula is C20H23N3O2. The minimum Gasteiger partial charge on any atom is -0.508 e. The van der Waals surface area contributed by atoms with Gasteiger partial charge in [-0.05, 0) is 43.0 Å². The molecule has 2 heterocycles. The van der Waals surface area contributed by atoms with Gasteiger partial charge in [-0.25, -0.2) is 4.98 Å². The Bertz CT molecular complexity index is 847. The van der Waals surface area contributed by atoms with Crippen molar-refractivity contribution < 1.29 is 10.2 Å². The first-order chi connectivity index (χ1) is 12.2. The number of benzene rings is 2. The number of aliphatic hydroxyl groups is 1. The lowest BCUT2D eigenvalue weighted by Gasteiger charge is -2.35. The summed E-state index contributed by atoms with van der Waals surface area (Å²) in [6.45, 7) is 2.31. The molecule has 3 N–H and O–H groups in total. The molecule has 1 aliphatic heterocycles. The van der Waals surface area contributed by atoms with Crippen LogP contribution in [0.5, 0.6) is 5.75 Å². The maximum atomic E-state index is 10.5. The number of aromatic nitrogens is 2. The molecule has 1 aromatic heterocycles. The van der Waals surface area contributed by atoms with Crippen LogP contribution < -0.4 is 0 Å². The highest BCUT2D eigenvalue weighted by Crippen LogP contribution is 2.24. The molecule has 5 nitrogen and oxygen atoms in total. The number of H-pyrrole nitrogens is 1. The minimum absolute atomic E-state index is 0.225. The van der Waals surface area contributed by atoms with Gasteiger partial charge in [0, 0.05) is 12.6 Å². The van der Waals surface area contributed by atoms with Gasteiger partial charge in [0.15, 0.2) is 0 Å². The first kappa shape index (κ1) is 16.1. The monoisotopic (exact) mass is 337 g/mol. The van der Waals surface area contributed by atoms with Gasteiger partial charge in [-0.15, -0.1) is 0 Å². The summed E-state index contributed by atoms with van der Waals surface area (Å²) < 4.78 is 0. The van der Waals surface area contributed by atoms with Crippen LogP contribution in [0.4, 0.5) is 0 Å². The third-order valence-electron chi connectivity index (χ3n) is 5.04. The summed E-state index contributed by atoms with van der Waals surface area (Å²) in [7, 11) is 0. The van der Waals surface area contributed by atoms with Gasteiger partial charge < -0.3 is 15.2 Å². The summed E-state index contributed by atoms with van der Waals surface area (Å²) in [5.41, 5.74) is 2.99. The lowest BCUT2D eigenvalue weighted by molar-refractivity contribution is 0.0179. The Morgan fingerprint density at radius 1 is 1.16 bits per heavy atom. The fourth-order valence-corrected chi connectivity index (χ4v) is 3.68. The number of aromatic hydroxyl groups is 1. The van der Waals surface area contributed by atoms with E-state index in [4.69, 9.17) is 0 Å². The van der Waals surface area contributed by atoms with E-state index in [-0.39, 0.29) is 11.9 Å². The smallest absolute Gasteiger partial charge is 0.121 e. The standard InChI is InChI=1S/C20H23N3O2/c24-16-6-7-17-18(11-16)22-20(21-17)13-23-9-8-15(19(25)12-23)10-14-4-2-1-3-5-14/h1-7,11,15,19,24-25H,8-10,12-13H2,(H,21,22). The van der Waals surface area contributed by atoms with Crippen LogP contribution in [0.25, 0.3) is 11.0 Å². The number of hydrogen-bond acceptors (Lipinski definition) is 4. The second kappa shape index (κ2) is 6.86. The van der Waals surface area contributed by atoms with E-state index in [1.807, 2.05) is 12.1 Å². The van der Waals surface area contributed by atoms with Crippen LogP contribution in [-0.2, 0) is 13.0 Å². The van der Waals surface area contributed by atoms with Crippen molar-refractivity contribution in [1.29, 1.82) is 0 Å². The molecule has 2 atom stereocenters. The van der Waals surface area contributed by atoms with E-state index in [0.717, 1.165) is 36.2 Å². The van der Waals surface area contributed by atoms with Gasteiger partial charge in [-0.2, -0.15) is 0 Å². The zero-order valence-corrected chi connectivity index (χ0v) is 14.1. The number of hydrogen-bond donors (Lipinski definition) is 3. The molecule has 0 amide bonds. The largest absolute Gasteiger partial charge is 0.508 e. The molecule has 0 aliphatic carbocycles. The number of phenols is 1. The van der Waals surface area contributed by atoms with Crippen molar-refractivity contribution in [2.24, 2.45) is 5.92 Å². The van der Waals surface area contributed by atoms with Crippen molar-refractivity contribution in [3.63, 3.8) is 0 Å². The summed E-state index contributed by atoms with van der Waals surface area (Å²) in [6, 6.07) is 15.5. The van der Waals surface area contributed by atoms with Gasteiger partial charge in [0.1, 0.15) is 11.6 Å². The fourth-order valence-electron chi connectivity index (χ4n) is 3.68. The number of β-amino-alcohol motifs (C(OH)–C–C–N with tert-alkyl or cyclic N) is 1. The van der Waals surface area contributed by atoms with Gasteiger partial charge >= 0.3 is 0 Å². The molecule has 1 fully saturated rings. The van der Waals surface area contributed by atoms with Crippen molar-refractivity contribution in [1.82, 2.24) is 14.9 Å². The van der Waals surface area contributed by atoms with Gasteiger partial charge in [0.05, 0.1) is 23.7 Å². The number of fused-ring (bicyclic) bond motifs is 1. The Morgan fingerprint density at radius 2 is 2.00 bits per heavy atom. The third-order valence-corrected chi connectivity index (χ3v) is 5.04. The molecule has 130 valence electrons. The van der Waals surface area contributed by atoms with Crippen LogP contribution in [0.15, 0.2) is 48.5 Å². The number of nitrogens with one attached hydrogen (secondary N) is 1. The molecule has 5 heteroatoms. The maximum Gasteiger partial charge on any atom is 0.121 e. The molecule has 1 aliphatic rings. The minimum atomic E-state index is -0.317. The van der Waals surface area contributed by atoms with E-state index in [9.17, 15) is 10.2 Å². The molecular weight excluding hydrogens is 314 g/mol. The Labute approximate surface area is 146 Å². The summed E-state index contributed by atoms with van der Waals surface area (Å²) in [4.78, 5) is 10.1. The number of piperidine rings is 1. The Hall–Kier alpha value is -2.37. The highest BCUT2D eigenvalue weighted by Gasteiger charge is 2.28. The zero-order chi connectivity index (χ0) is 17.2. The van der Waals surface area contributed by atoms with E-state index in [1.54, 1.807) is 12.1 Å². The van der Waals surface area contributed by atoms with E-state index >= 15 is 0 Å². The predicted molar refractivity (Wildman–Crippen MR) is 97.3 cm³/mol. The molecule has 2 unspecified atom stereocenters. The van der Waals surface area contributed by atoms with Crippen molar-refractivity contribution in [2.45, 2.75) is 25.5 Å². The SMILES string of the molecule is Oc1ccc2[nH]c(CN3CCC(Cc4ccccc4)C(O)C3)nc2c1. The molecule has 3 aromatic rings. The Balaban J connectivity index is 1.38. The molecule has 4 rings (SSSR count). The summed E-state index contributed by atoms with van der Waals surface area (Å²) >= 11 is 0. The second-order valence-electron chi connectivity index (χ2n) is 6.93. The number of aromatic amines is 1. The number of likely N-dealkylation sites (tertiary alicyclic amines) is 1. The van der Waals surface area contributed by atoms with E-state index in [1.165, 1.54) is 5.56 Å². The number of phenolic OH excluding ortho intramolecular Hbond substituents is 1. The third kappa shape index (κ3) is 3.67. The molecule has 1 saturated heterocycles. The second-order valence-corrected chi connectivity index (χ2v) is 6.93. The zero-order valence-electron chi connectivity index (χ0n) is 14.1. The molecule has 25 heavy (non-hydrogen) atoms. The fraction of sp³-hybridized carbons (Fsp3) is 0.350. The van der Waals surface area contributed by atoms with E-state index < -0.39 is 0 Å². The summed E-state index contributed by atoms with van der Waals surface area (Å²) in [5, 5.41) is 20.1. The number of imidazole rings is 1. The van der Waals surface area contributed by atoms with Crippen molar-refractivity contribution in [2.75, 3.05) is 13.1 Å². The summed E-state index contributed by atoms with van der Waals surface area (Å²) in [6.07, 6.45) is 1.60. The highest BCUT2D eigenvalue weighted by molar-refractivity contribution is 5.76. The van der Waals surface area contributed by atoms with Crippen LogP contribution in [0, 0.1) is 5.92 Å². The van der Waals surface area contributed by atoms with Crippen LogP contribution in [0.2, 0.25) is 0 Å². The lowest BCUT2D eigenvalue weighted by Crippen LogP contribution is -2.44. The number of nitrogens with zero attached hydrogens (tertiary/aromatic N) is 2. The average Bonchev–Trinajstić information content (AvgIpc) is 2.99. The van der Waals surface area contributed by atoms with Gasteiger partial charge in [0.2, 0.25) is 0 Å². The normalized spacial score (nSPS) is 21.6. The molecule has 2 aromatic carbocycles. The van der Waals surface area contributed by atoms with Gasteiger partial charge in [-0.3, -0.25) is 4.90 Å². The lowest BCUT2D eigenvalue weighted by atomic mass is 9.88. The molecule has 0 bridgehead atoms. The number of rotatable bonds is 4. The van der Waals surface area contributed by atoms with Crippen molar-refractivity contribution in [3.05, 3.63) is 59.9 Å². The van der Waals surface area contributed by atoms with Crippen LogP contribution in [-0.4, -0.2) is 44.3 Å². The predicted octanol–water partition coefficient (Wildman–Crippen LogP) is 2.69. The number of aliphatic hydroxyl groups excluding tert-OH is 1. The summed E-state index contributed by atoms with van der Waals surface area (Å²) in [5.74, 6) is 1.41. The molecule has 0 saturated carbocycles. The Morgan fingerprint density at radius 3 is 2.80 bits per heavy atom. The van der Waals surface area contributed by atoms with Gasteiger partial charge in [0.25, 0.3) is 0 Å². The van der Waals surface area contributed by atoms with Crippen LogP contribution >= 0.6 is 0 Å². The van der Waals surface area contributed by atoms with Crippen molar-refractivity contribution in [3.8, 4) is 5.75 Å². The van der Waals surface area contributed by atoms with Crippen molar-refractivity contribution >= 4 is 11.0 Å². The first-order valence-corrected chi connectivity index (χ1v) is 8.79. The first-order valence-electron chi connectivity index (χ1n) is 8.79. The maximum absolute atomic E-state index is 10.5. The van der Waals surface area contributed by atoms with E-state index in [2.05, 4.69) is 39.1 Å². The topological polar surface area (TPSA) is 72.4 Å². The van der Waals surface area contributed by atoms with Gasteiger partial charge in [-0.1, -0.05) is 30.3 Å². The molecule has 0 radical (unpaired) electrons.